The van der Waals surface area contributed by atoms with E-state index in [1.807, 2.05) is 18.2 Å². The average Bonchev–Trinajstić information content (AvgIpc) is 3.94. The van der Waals surface area contributed by atoms with Crippen molar-refractivity contribution in [3.8, 4) is 45.0 Å². The van der Waals surface area contributed by atoms with Crippen molar-refractivity contribution >= 4 is 65.6 Å². The summed E-state index contributed by atoms with van der Waals surface area (Å²) >= 11 is 0. The molecule has 4 aromatic heterocycles. The van der Waals surface area contributed by atoms with Crippen molar-refractivity contribution in [3.63, 3.8) is 0 Å². The van der Waals surface area contributed by atoms with Crippen molar-refractivity contribution in [1.82, 2.24) is 14.1 Å². The van der Waals surface area contributed by atoms with Gasteiger partial charge in [-0.2, -0.15) is 0 Å². The van der Waals surface area contributed by atoms with Crippen LogP contribution in [0.25, 0.3) is 111 Å². The molecule has 0 fully saturated rings. The van der Waals surface area contributed by atoms with Crippen LogP contribution >= 0.6 is 0 Å². The highest BCUT2D eigenvalue weighted by molar-refractivity contribution is 6.23. The fraction of sp³-hybridized carbons (Fsp3) is 0. The molecule has 0 unspecified atom stereocenters. The Morgan fingerprint density at radius 3 is 1.60 bits per heavy atom. The highest BCUT2D eigenvalue weighted by Crippen LogP contribution is 2.41. The number of hydrogen-bond donors (Lipinski definition) is 0. The molecule has 0 spiro atoms. The summed E-state index contributed by atoms with van der Waals surface area (Å²) in [6.07, 6.45) is 0. The molecule has 0 amide bonds. The van der Waals surface area contributed by atoms with Crippen LogP contribution in [0, 0.1) is 0 Å². The maximum absolute atomic E-state index is 6.53. The van der Waals surface area contributed by atoms with Gasteiger partial charge in [0.15, 0.2) is 0 Å². The summed E-state index contributed by atoms with van der Waals surface area (Å²) in [5.74, 6) is 0. The Balaban J connectivity index is 0.992. The zero-order valence-electron chi connectivity index (χ0n) is 30.8. The van der Waals surface area contributed by atoms with Gasteiger partial charge in [-0.25, -0.2) is 4.98 Å². The Hall–Kier alpha value is -7.69. The first-order chi connectivity index (χ1) is 28.3. The SMILES string of the molecule is c1ccc(-c2cc(-n3c4ccccc4c4cc(-c5ccc(-n6c7ccccc7c7c8oc9ccccc9c8ccc76)cc5)ccc43)cc(-c3ccccc3)n2)cc1. The molecule has 8 aromatic carbocycles. The molecule has 4 heteroatoms. The molecule has 4 nitrogen and oxygen atoms in total. The number of aromatic nitrogens is 3. The Morgan fingerprint density at radius 1 is 0.333 bits per heavy atom. The lowest BCUT2D eigenvalue weighted by atomic mass is 10.0. The standard InChI is InChI=1S/C53H33N3O/c1-3-13-35(14-4-1)45-32-39(33-46(54-45)36-15-5-2-6-16-36)56-47-20-10-7-17-40(47)44-31-37(25-29-49(44)56)34-23-26-38(27-24-34)55-48-21-11-8-19-43(48)52-50(55)30-28-42-41-18-9-12-22-51(41)57-53(42)52/h1-33H. The molecule has 57 heavy (non-hydrogen) atoms. The molecule has 0 radical (unpaired) electrons. The van der Waals surface area contributed by atoms with Gasteiger partial charge < -0.3 is 13.6 Å². The monoisotopic (exact) mass is 727 g/mol. The third kappa shape index (κ3) is 4.91. The lowest BCUT2D eigenvalue weighted by Crippen LogP contribution is -1.98. The maximum Gasteiger partial charge on any atom is 0.145 e. The summed E-state index contributed by atoms with van der Waals surface area (Å²) in [4.78, 5) is 5.16. The number of para-hydroxylation sites is 3. The number of furan rings is 1. The van der Waals surface area contributed by atoms with Gasteiger partial charge in [-0.05, 0) is 77.9 Å². The van der Waals surface area contributed by atoms with E-state index in [9.17, 15) is 0 Å². The van der Waals surface area contributed by atoms with Crippen LogP contribution in [0.1, 0.15) is 0 Å². The van der Waals surface area contributed by atoms with Crippen LogP contribution in [-0.2, 0) is 0 Å². The van der Waals surface area contributed by atoms with E-state index in [-0.39, 0.29) is 0 Å². The molecule has 0 atom stereocenters. The van der Waals surface area contributed by atoms with Gasteiger partial charge in [0.1, 0.15) is 11.2 Å². The third-order valence-corrected chi connectivity index (χ3v) is 11.5. The number of nitrogens with zero attached hydrogens (tertiary/aromatic N) is 3. The van der Waals surface area contributed by atoms with Gasteiger partial charge in [-0.3, -0.25) is 0 Å². The second-order valence-corrected chi connectivity index (χ2v) is 14.7. The van der Waals surface area contributed by atoms with E-state index >= 15 is 0 Å². The zero-order valence-corrected chi connectivity index (χ0v) is 30.8. The van der Waals surface area contributed by atoms with E-state index in [2.05, 4.69) is 191 Å². The normalized spacial score (nSPS) is 11.9. The first-order valence-electron chi connectivity index (χ1n) is 19.4. The Bertz CT molecular complexity index is 3440. The molecule has 0 bridgehead atoms. The minimum absolute atomic E-state index is 0.913. The molecular formula is C53H33N3O. The second-order valence-electron chi connectivity index (χ2n) is 14.7. The number of pyridine rings is 1. The first kappa shape index (κ1) is 31.6. The number of benzene rings is 8. The second kappa shape index (κ2) is 12.4. The van der Waals surface area contributed by atoms with Crippen LogP contribution in [0.15, 0.2) is 205 Å². The third-order valence-electron chi connectivity index (χ3n) is 11.5. The number of fused-ring (bicyclic) bond motifs is 10. The highest BCUT2D eigenvalue weighted by Gasteiger charge is 2.19. The largest absolute Gasteiger partial charge is 0.455 e. The number of hydrogen-bond acceptors (Lipinski definition) is 2. The fourth-order valence-electron chi connectivity index (χ4n) is 8.91. The summed E-state index contributed by atoms with van der Waals surface area (Å²) in [7, 11) is 0. The smallest absolute Gasteiger partial charge is 0.145 e. The van der Waals surface area contributed by atoms with E-state index < -0.39 is 0 Å². The minimum Gasteiger partial charge on any atom is -0.455 e. The molecule has 12 rings (SSSR count). The molecule has 0 N–H and O–H groups in total. The fourth-order valence-corrected chi connectivity index (χ4v) is 8.91. The van der Waals surface area contributed by atoms with Gasteiger partial charge in [0, 0.05) is 43.7 Å². The van der Waals surface area contributed by atoms with E-state index in [1.165, 1.54) is 27.3 Å². The van der Waals surface area contributed by atoms with Gasteiger partial charge in [-0.1, -0.05) is 133 Å². The Morgan fingerprint density at radius 2 is 0.877 bits per heavy atom. The molecule has 12 aromatic rings. The van der Waals surface area contributed by atoms with Crippen molar-refractivity contribution < 1.29 is 4.42 Å². The molecule has 0 aliphatic rings. The Kier molecular flexibility index (Phi) is 6.89. The van der Waals surface area contributed by atoms with E-state index in [4.69, 9.17) is 9.40 Å². The molecule has 266 valence electrons. The van der Waals surface area contributed by atoms with Crippen molar-refractivity contribution in [2.75, 3.05) is 0 Å². The van der Waals surface area contributed by atoms with Crippen molar-refractivity contribution in [3.05, 3.63) is 200 Å². The summed E-state index contributed by atoms with van der Waals surface area (Å²) in [5, 5.41) is 7.04. The van der Waals surface area contributed by atoms with Crippen molar-refractivity contribution in [2.45, 2.75) is 0 Å². The van der Waals surface area contributed by atoms with Crippen LogP contribution < -0.4 is 0 Å². The van der Waals surface area contributed by atoms with Crippen LogP contribution in [-0.4, -0.2) is 14.1 Å². The first-order valence-corrected chi connectivity index (χ1v) is 19.4. The Labute approximate surface area is 328 Å². The zero-order chi connectivity index (χ0) is 37.5. The summed E-state index contributed by atoms with van der Waals surface area (Å²) in [5.41, 5.74) is 15.1. The van der Waals surface area contributed by atoms with Gasteiger partial charge in [0.2, 0.25) is 0 Å². The quantitative estimate of drug-likeness (QED) is 0.177. The van der Waals surface area contributed by atoms with Crippen LogP contribution in [0.2, 0.25) is 0 Å². The predicted molar refractivity (Wildman–Crippen MR) is 237 cm³/mol. The molecule has 0 saturated heterocycles. The van der Waals surface area contributed by atoms with Crippen molar-refractivity contribution in [2.24, 2.45) is 0 Å². The molecule has 4 heterocycles. The molecule has 0 aliphatic carbocycles. The predicted octanol–water partition coefficient (Wildman–Crippen LogP) is 14.2. The minimum atomic E-state index is 0.913. The lowest BCUT2D eigenvalue weighted by Gasteiger charge is -2.13. The van der Waals surface area contributed by atoms with Gasteiger partial charge in [0.05, 0.1) is 44.5 Å². The van der Waals surface area contributed by atoms with Crippen LogP contribution in [0.5, 0.6) is 0 Å². The van der Waals surface area contributed by atoms with E-state index in [0.29, 0.717) is 0 Å². The van der Waals surface area contributed by atoms with Crippen molar-refractivity contribution in [1.29, 1.82) is 0 Å². The van der Waals surface area contributed by atoms with Crippen LogP contribution in [0.4, 0.5) is 0 Å². The average molecular weight is 728 g/mol. The van der Waals surface area contributed by atoms with Crippen LogP contribution in [0.3, 0.4) is 0 Å². The maximum atomic E-state index is 6.53. The van der Waals surface area contributed by atoms with Gasteiger partial charge in [0.25, 0.3) is 0 Å². The molecule has 0 saturated carbocycles. The van der Waals surface area contributed by atoms with E-state index in [0.717, 1.165) is 83.3 Å². The van der Waals surface area contributed by atoms with Gasteiger partial charge >= 0.3 is 0 Å². The van der Waals surface area contributed by atoms with E-state index in [1.54, 1.807) is 0 Å². The molecular weight excluding hydrogens is 695 g/mol. The topological polar surface area (TPSA) is 35.9 Å². The lowest BCUT2D eigenvalue weighted by molar-refractivity contribution is 0.673. The summed E-state index contributed by atoms with van der Waals surface area (Å²) in [6, 6.07) is 71.3. The molecule has 0 aliphatic heterocycles. The highest BCUT2D eigenvalue weighted by atomic mass is 16.3. The van der Waals surface area contributed by atoms with Gasteiger partial charge in [-0.15, -0.1) is 0 Å². The number of rotatable bonds is 5. The summed E-state index contributed by atoms with van der Waals surface area (Å²) in [6.45, 7) is 0. The summed E-state index contributed by atoms with van der Waals surface area (Å²) < 4.78 is 11.3.